The molecule has 0 N–H and O–H groups in total. The number of anilines is 2. The minimum absolute atomic E-state index is 0.857. The number of hydrogen-bond donors (Lipinski definition) is 0. The van der Waals surface area contributed by atoms with Gasteiger partial charge in [-0.2, -0.15) is 4.37 Å². The van der Waals surface area contributed by atoms with Gasteiger partial charge in [0.25, 0.3) is 0 Å². The Morgan fingerprint density at radius 2 is 1.90 bits per heavy atom. The van der Waals surface area contributed by atoms with Gasteiger partial charge in [0, 0.05) is 49.5 Å². The summed E-state index contributed by atoms with van der Waals surface area (Å²) < 4.78 is 4.25. The van der Waals surface area contributed by atoms with Gasteiger partial charge in [0.15, 0.2) is 0 Å². The van der Waals surface area contributed by atoms with Crippen LogP contribution < -0.4 is 9.80 Å². The van der Waals surface area contributed by atoms with E-state index in [1.807, 2.05) is 6.92 Å². The lowest BCUT2D eigenvalue weighted by Crippen LogP contribution is -2.46. The van der Waals surface area contributed by atoms with E-state index in [4.69, 9.17) is 0 Å². The summed E-state index contributed by atoms with van der Waals surface area (Å²) in [5, 5.41) is 1.03. The van der Waals surface area contributed by atoms with Crippen LogP contribution in [0.1, 0.15) is 18.4 Å². The molecule has 0 amide bonds. The number of nitrogens with zero attached hydrogens (tertiary/aromatic N) is 6. The average Bonchev–Trinajstić information content (AvgIpc) is 2.94. The molecule has 20 heavy (non-hydrogen) atoms. The van der Waals surface area contributed by atoms with E-state index in [2.05, 4.69) is 42.1 Å². The van der Waals surface area contributed by atoms with E-state index < -0.39 is 0 Å². The molecule has 0 radical (unpaired) electrons. The van der Waals surface area contributed by atoms with Crippen molar-refractivity contribution in [2.24, 2.45) is 0 Å². The van der Waals surface area contributed by atoms with Gasteiger partial charge in [-0.3, -0.25) is 0 Å². The van der Waals surface area contributed by atoms with E-state index in [1.54, 1.807) is 6.33 Å². The topological polar surface area (TPSA) is 58.0 Å². The smallest absolute Gasteiger partial charge is 0.205 e. The van der Waals surface area contributed by atoms with Crippen LogP contribution in [-0.2, 0) is 6.42 Å². The summed E-state index contributed by atoms with van der Waals surface area (Å²) in [4.78, 5) is 17.7. The molecule has 2 aromatic rings. The van der Waals surface area contributed by atoms with Crippen molar-refractivity contribution in [2.45, 2.75) is 20.3 Å². The Labute approximate surface area is 122 Å². The third-order valence-corrected chi connectivity index (χ3v) is 4.33. The van der Waals surface area contributed by atoms with Crippen LogP contribution in [0.4, 0.5) is 10.9 Å². The fourth-order valence-corrected chi connectivity index (χ4v) is 3.02. The summed E-state index contributed by atoms with van der Waals surface area (Å²) in [6.07, 6.45) is 2.61. The van der Waals surface area contributed by atoms with Crippen LogP contribution in [0.5, 0.6) is 0 Å². The first-order valence-electron chi connectivity index (χ1n) is 6.87. The van der Waals surface area contributed by atoms with Crippen molar-refractivity contribution < 1.29 is 0 Å². The van der Waals surface area contributed by atoms with Crippen LogP contribution in [-0.4, -0.2) is 45.5 Å². The predicted octanol–water partition coefficient (Wildman–Crippen LogP) is 1.53. The zero-order valence-corrected chi connectivity index (χ0v) is 12.6. The van der Waals surface area contributed by atoms with E-state index in [0.29, 0.717) is 0 Å². The number of piperazine rings is 1. The molecule has 1 fully saturated rings. The van der Waals surface area contributed by atoms with E-state index in [1.165, 1.54) is 11.5 Å². The van der Waals surface area contributed by atoms with E-state index >= 15 is 0 Å². The van der Waals surface area contributed by atoms with Gasteiger partial charge in [0.2, 0.25) is 5.13 Å². The maximum atomic E-state index is 4.45. The minimum atomic E-state index is 0.857. The van der Waals surface area contributed by atoms with Gasteiger partial charge in [-0.25, -0.2) is 15.0 Å². The van der Waals surface area contributed by atoms with Gasteiger partial charge >= 0.3 is 0 Å². The molecule has 1 aliphatic rings. The molecule has 0 unspecified atom stereocenters. The summed E-state index contributed by atoms with van der Waals surface area (Å²) in [5.74, 6) is 1.89. The van der Waals surface area contributed by atoms with Crippen molar-refractivity contribution >= 4 is 22.5 Å². The highest BCUT2D eigenvalue weighted by molar-refractivity contribution is 7.09. The number of aromatic nitrogens is 4. The molecular formula is C13H18N6S. The highest BCUT2D eigenvalue weighted by atomic mass is 32.1. The predicted molar refractivity (Wildman–Crippen MR) is 80.5 cm³/mol. The fraction of sp³-hybridized carbons (Fsp3) is 0.538. The lowest BCUT2D eigenvalue weighted by atomic mass is 10.3. The summed E-state index contributed by atoms with van der Waals surface area (Å²) in [6, 6.07) is 2.09. The molecule has 1 aliphatic heterocycles. The molecule has 0 saturated carbocycles. The monoisotopic (exact) mass is 290 g/mol. The van der Waals surface area contributed by atoms with Gasteiger partial charge in [0.05, 0.1) is 0 Å². The summed E-state index contributed by atoms with van der Waals surface area (Å²) in [6.45, 7) is 7.88. The van der Waals surface area contributed by atoms with Crippen molar-refractivity contribution in [2.75, 3.05) is 36.0 Å². The molecule has 0 spiro atoms. The first-order valence-corrected chi connectivity index (χ1v) is 7.64. The van der Waals surface area contributed by atoms with Crippen molar-refractivity contribution in [1.82, 2.24) is 19.3 Å². The third kappa shape index (κ3) is 2.72. The molecule has 0 aromatic carbocycles. The quantitative estimate of drug-likeness (QED) is 0.854. The second-order valence-electron chi connectivity index (χ2n) is 4.82. The zero-order valence-electron chi connectivity index (χ0n) is 11.8. The maximum absolute atomic E-state index is 4.45. The number of aryl methyl sites for hydroxylation is 2. The lowest BCUT2D eigenvalue weighted by Gasteiger charge is -2.35. The van der Waals surface area contributed by atoms with Crippen molar-refractivity contribution in [1.29, 1.82) is 0 Å². The molecule has 0 aliphatic carbocycles. The van der Waals surface area contributed by atoms with Crippen LogP contribution >= 0.6 is 11.5 Å². The molecule has 1 saturated heterocycles. The van der Waals surface area contributed by atoms with Crippen LogP contribution in [0, 0.1) is 6.92 Å². The minimum Gasteiger partial charge on any atom is -0.353 e. The summed E-state index contributed by atoms with van der Waals surface area (Å²) in [5.41, 5.74) is 1.09. The first-order chi connectivity index (χ1) is 9.76. The molecule has 0 bridgehead atoms. The Hall–Kier alpha value is -1.76. The van der Waals surface area contributed by atoms with E-state index in [-0.39, 0.29) is 0 Å². The standard InChI is InChI=1S/C13H18N6S/c1-3-11-8-12(15-9-14-11)18-4-6-19(7-5-18)13-16-10(2)17-20-13/h8-9H,3-7H2,1-2H3. The molecule has 106 valence electrons. The lowest BCUT2D eigenvalue weighted by molar-refractivity contribution is 0.644. The number of rotatable bonds is 3. The second-order valence-corrected chi connectivity index (χ2v) is 5.55. The van der Waals surface area contributed by atoms with Crippen LogP contribution in [0.15, 0.2) is 12.4 Å². The van der Waals surface area contributed by atoms with Crippen molar-refractivity contribution in [3.05, 3.63) is 23.9 Å². The van der Waals surface area contributed by atoms with Gasteiger partial charge in [-0.05, 0) is 13.3 Å². The number of hydrogen-bond acceptors (Lipinski definition) is 7. The summed E-state index contributed by atoms with van der Waals surface area (Å²) in [7, 11) is 0. The third-order valence-electron chi connectivity index (χ3n) is 3.46. The molecular weight excluding hydrogens is 272 g/mol. The Kier molecular flexibility index (Phi) is 3.77. The van der Waals surface area contributed by atoms with Crippen molar-refractivity contribution in [3.63, 3.8) is 0 Å². The Bertz CT molecular complexity index is 576. The summed E-state index contributed by atoms with van der Waals surface area (Å²) >= 11 is 1.48. The highest BCUT2D eigenvalue weighted by Gasteiger charge is 2.20. The Balaban J connectivity index is 1.66. The Morgan fingerprint density at radius 1 is 1.15 bits per heavy atom. The van der Waals surface area contributed by atoms with Crippen LogP contribution in [0.2, 0.25) is 0 Å². The van der Waals surface area contributed by atoms with Crippen LogP contribution in [0.3, 0.4) is 0 Å². The second kappa shape index (κ2) is 5.70. The molecule has 0 atom stereocenters. The normalized spacial score (nSPS) is 15.7. The van der Waals surface area contributed by atoms with Gasteiger partial charge < -0.3 is 9.80 Å². The highest BCUT2D eigenvalue weighted by Crippen LogP contribution is 2.20. The Morgan fingerprint density at radius 3 is 2.55 bits per heavy atom. The molecule has 2 aromatic heterocycles. The average molecular weight is 290 g/mol. The molecule has 7 heteroatoms. The van der Waals surface area contributed by atoms with E-state index in [9.17, 15) is 0 Å². The maximum Gasteiger partial charge on any atom is 0.205 e. The van der Waals surface area contributed by atoms with Gasteiger partial charge in [-0.1, -0.05) is 6.92 Å². The van der Waals surface area contributed by atoms with Crippen molar-refractivity contribution in [3.8, 4) is 0 Å². The van der Waals surface area contributed by atoms with Crippen LogP contribution in [0.25, 0.3) is 0 Å². The fourth-order valence-electron chi connectivity index (χ4n) is 2.29. The first kappa shape index (κ1) is 13.2. The van der Waals surface area contributed by atoms with E-state index in [0.717, 1.165) is 55.1 Å². The SMILES string of the molecule is CCc1cc(N2CCN(c3nc(C)ns3)CC2)ncn1. The largest absolute Gasteiger partial charge is 0.353 e. The molecule has 6 nitrogen and oxygen atoms in total. The zero-order chi connectivity index (χ0) is 13.9. The van der Waals surface area contributed by atoms with Gasteiger partial charge in [-0.15, -0.1) is 0 Å². The molecule has 3 rings (SSSR count). The van der Waals surface area contributed by atoms with Gasteiger partial charge in [0.1, 0.15) is 18.0 Å². The molecule has 3 heterocycles.